The molecule has 0 bridgehead atoms. The summed E-state index contributed by atoms with van der Waals surface area (Å²) in [4.78, 5) is 14.5. The molecule has 1 N–H and O–H groups in total. The van der Waals surface area contributed by atoms with Crippen LogP contribution in [0.25, 0.3) is 0 Å². The van der Waals surface area contributed by atoms with E-state index in [-0.39, 0.29) is 11.3 Å². The smallest absolute Gasteiger partial charge is 0.226 e. The minimum Gasteiger partial charge on any atom is -0.352 e. The first kappa shape index (κ1) is 13.5. The predicted octanol–water partition coefficient (Wildman–Crippen LogP) is 2.02. The second kappa shape index (κ2) is 5.67. The zero-order valence-electron chi connectivity index (χ0n) is 11.2. The minimum atomic E-state index is -0.171. The van der Waals surface area contributed by atoms with Crippen LogP contribution in [-0.2, 0) is 4.79 Å². The van der Waals surface area contributed by atoms with Gasteiger partial charge in [-0.2, -0.15) is 0 Å². The van der Waals surface area contributed by atoms with Crippen LogP contribution in [0.3, 0.4) is 0 Å². The Balaban J connectivity index is 2.49. The van der Waals surface area contributed by atoms with Gasteiger partial charge in [-0.3, -0.25) is 4.79 Å². The monoisotopic (exact) mass is 226 g/mol. The van der Waals surface area contributed by atoms with Gasteiger partial charge < -0.3 is 10.2 Å². The van der Waals surface area contributed by atoms with Crippen LogP contribution >= 0.6 is 0 Å². The van der Waals surface area contributed by atoms with Gasteiger partial charge in [-0.15, -0.1) is 0 Å². The summed E-state index contributed by atoms with van der Waals surface area (Å²) in [6, 6.07) is 0.361. The van der Waals surface area contributed by atoms with Gasteiger partial charge in [-0.05, 0) is 32.9 Å². The molecule has 1 rings (SSSR count). The summed E-state index contributed by atoms with van der Waals surface area (Å²) < 4.78 is 0. The lowest BCUT2D eigenvalue weighted by molar-refractivity contribution is -0.131. The predicted molar refractivity (Wildman–Crippen MR) is 67.4 cm³/mol. The van der Waals surface area contributed by atoms with Crippen LogP contribution in [0, 0.1) is 5.41 Å². The maximum atomic E-state index is 12.2. The second-order valence-corrected chi connectivity index (χ2v) is 5.39. The molecular formula is C13H26N2O. The van der Waals surface area contributed by atoms with Gasteiger partial charge in [0.05, 0.1) is 0 Å². The van der Waals surface area contributed by atoms with Crippen molar-refractivity contribution in [3.8, 4) is 0 Å². The Morgan fingerprint density at radius 1 is 1.50 bits per heavy atom. The molecule has 3 nitrogen and oxygen atoms in total. The summed E-state index contributed by atoms with van der Waals surface area (Å²) in [6.07, 6.45) is 4.07. The molecule has 1 aliphatic heterocycles. The molecule has 0 spiro atoms. The zero-order chi connectivity index (χ0) is 12.2. The van der Waals surface area contributed by atoms with Gasteiger partial charge in [0.1, 0.15) is 0 Å². The molecule has 1 saturated heterocycles. The first-order chi connectivity index (χ1) is 7.51. The van der Waals surface area contributed by atoms with E-state index in [1.165, 1.54) is 0 Å². The lowest BCUT2D eigenvalue weighted by atomic mass is 9.82. The van der Waals surface area contributed by atoms with E-state index in [1.807, 2.05) is 0 Å². The van der Waals surface area contributed by atoms with E-state index in [0.29, 0.717) is 6.04 Å². The standard InChI is InChI=1S/C13H26N2O/c1-5-8-13(3,6-2)12(16)14-11-7-9-15(4)10-11/h11H,5-10H2,1-4H3,(H,14,16). The second-order valence-electron chi connectivity index (χ2n) is 5.39. The fourth-order valence-corrected chi connectivity index (χ4v) is 2.42. The van der Waals surface area contributed by atoms with Gasteiger partial charge >= 0.3 is 0 Å². The third-order valence-electron chi connectivity index (χ3n) is 3.86. The van der Waals surface area contributed by atoms with Gasteiger partial charge in [0.15, 0.2) is 0 Å². The van der Waals surface area contributed by atoms with Gasteiger partial charge in [0, 0.05) is 18.0 Å². The lowest BCUT2D eigenvalue weighted by Crippen LogP contribution is -2.44. The number of hydrogen-bond acceptors (Lipinski definition) is 2. The van der Waals surface area contributed by atoms with Crippen molar-refractivity contribution in [2.24, 2.45) is 5.41 Å². The quantitative estimate of drug-likeness (QED) is 0.778. The first-order valence-electron chi connectivity index (χ1n) is 6.51. The highest BCUT2D eigenvalue weighted by molar-refractivity contribution is 5.82. The molecule has 0 aliphatic carbocycles. The highest BCUT2D eigenvalue weighted by Gasteiger charge is 2.32. The van der Waals surface area contributed by atoms with Crippen molar-refractivity contribution in [3.05, 3.63) is 0 Å². The van der Waals surface area contributed by atoms with Crippen LogP contribution in [-0.4, -0.2) is 37.0 Å². The summed E-state index contributed by atoms with van der Waals surface area (Å²) in [5, 5.41) is 3.20. The maximum Gasteiger partial charge on any atom is 0.226 e. The van der Waals surface area contributed by atoms with E-state index >= 15 is 0 Å². The van der Waals surface area contributed by atoms with Crippen LogP contribution in [0.5, 0.6) is 0 Å². The highest BCUT2D eigenvalue weighted by Crippen LogP contribution is 2.28. The van der Waals surface area contributed by atoms with Crippen molar-refractivity contribution in [2.75, 3.05) is 20.1 Å². The van der Waals surface area contributed by atoms with Crippen LogP contribution in [0.2, 0.25) is 0 Å². The van der Waals surface area contributed by atoms with Crippen LogP contribution in [0.15, 0.2) is 0 Å². The molecule has 2 unspecified atom stereocenters. The number of rotatable bonds is 5. The number of hydrogen-bond donors (Lipinski definition) is 1. The van der Waals surface area contributed by atoms with E-state index in [4.69, 9.17) is 0 Å². The Morgan fingerprint density at radius 2 is 2.19 bits per heavy atom. The molecule has 94 valence electrons. The normalized spacial score (nSPS) is 25.4. The summed E-state index contributed by atoms with van der Waals surface area (Å²) >= 11 is 0. The van der Waals surface area contributed by atoms with Crippen molar-refractivity contribution in [2.45, 2.75) is 52.5 Å². The van der Waals surface area contributed by atoms with Crippen molar-refractivity contribution in [3.63, 3.8) is 0 Å². The third-order valence-corrected chi connectivity index (χ3v) is 3.86. The number of nitrogens with one attached hydrogen (secondary N) is 1. The molecule has 1 amide bonds. The van der Waals surface area contributed by atoms with E-state index in [9.17, 15) is 4.79 Å². The fourth-order valence-electron chi connectivity index (χ4n) is 2.42. The minimum absolute atomic E-state index is 0.171. The number of nitrogens with zero attached hydrogens (tertiary/aromatic N) is 1. The molecule has 1 fully saturated rings. The fraction of sp³-hybridized carbons (Fsp3) is 0.923. The number of likely N-dealkylation sites (tertiary alicyclic amines) is 1. The van der Waals surface area contributed by atoms with Crippen LogP contribution in [0.1, 0.15) is 46.5 Å². The molecule has 0 aromatic rings. The molecule has 3 heteroatoms. The van der Waals surface area contributed by atoms with E-state index in [2.05, 4.69) is 38.0 Å². The average molecular weight is 226 g/mol. The molecule has 0 radical (unpaired) electrons. The number of carbonyl (C=O) groups is 1. The molecule has 2 atom stereocenters. The Hall–Kier alpha value is -0.570. The molecule has 0 saturated carbocycles. The summed E-state index contributed by atoms with van der Waals surface area (Å²) in [5.41, 5.74) is -0.171. The van der Waals surface area contributed by atoms with E-state index in [0.717, 1.165) is 38.8 Å². The van der Waals surface area contributed by atoms with Crippen molar-refractivity contribution in [1.82, 2.24) is 10.2 Å². The Labute approximate surface area is 99.6 Å². The van der Waals surface area contributed by atoms with Crippen LogP contribution < -0.4 is 5.32 Å². The van der Waals surface area contributed by atoms with Gasteiger partial charge in [0.25, 0.3) is 0 Å². The maximum absolute atomic E-state index is 12.2. The topological polar surface area (TPSA) is 32.3 Å². The summed E-state index contributed by atoms with van der Waals surface area (Å²) in [5.74, 6) is 0.247. The molecule has 0 aromatic heterocycles. The van der Waals surface area contributed by atoms with Gasteiger partial charge in [-0.1, -0.05) is 27.2 Å². The number of carbonyl (C=O) groups excluding carboxylic acids is 1. The third kappa shape index (κ3) is 3.21. The molecule has 0 aromatic carbocycles. The van der Waals surface area contributed by atoms with Gasteiger partial charge in [0.2, 0.25) is 5.91 Å². The van der Waals surface area contributed by atoms with Crippen molar-refractivity contribution in [1.29, 1.82) is 0 Å². The Kier molecular flexibility index (Phi) is 4.78. The van der Waals surface area contributed by atoms with E-state index in [1.54, 1.807) is 0 Å². The Bertz CT molecular complexity index is 242. The average Bonchev–Trinajstić information content (AvgIpc) is 2.64. The van der Waals surface area contributed by atoms with Crippen molar-refractivity contribution >= 4 is 5.91 Å². The lowest BCUT2D eigenvalue weighted by Gasteiger charge is -2.28. The SMILES string of the molecule is CCCC(C)(CC)C(=O)NC1CCN(C)C1. The zero-order valence-corrected chi connectivity index (χ0v) is 11.2. The van der Waals surface area contributed by atoms with Crippen LogP contribution in [0.4, 0.5) is 0 Å². The molecule has 16 heavy (non-hydrogen) atoms. The Morgan fingerprint density at radius 3 is 2.62 bits per heavy atom. The first-order valence-corrected chi connectivity index (χ1v) is 6.51. The van der Waals surface area contributed by atoms with Crippen molar-refractivity contribution < 1.29 is 4.79 Å². The summed E-state index contributed by atoms with van der Waals surface area (Å²) in [7, 11) is 2.11. The summed E-state index contributed by atoms with van der Waals surface area (Å²) in [6.45, 7) is 8.43. The van der Waals surface area contributed by atoms with Gasteiger partial charge in [-0.25, -0.2) is 0 Å². The van der Waals surface area contributed by atoms with E-state index < -0.39 is 0 Å². The molecule has 1 aliphatic rings. The molecular weight excluding hydrogens is 200 g/mol. The number of amides is 1. The highest BCUT2D eigenvalue weighted by atomic mass is 16.2. The largest absolute Gasteiger partial charge is 0.352 e. The number of likely N-dealkylation sites (N-methyl/N-ethyl adjacent to an activating group) is 1. The molecule has 1 heterocycles.